The number of hydrogen-bond donors (Lipinski definition) is 1. The Morgan fingerprint density at radius 2 is 2.22 bits per heavy atom. The lowest BCUT2D eigenvalue weighted by atomic mass is 10.1. The monoisotopic (exact) mass is 324 g/mol. The fourth-order valence-corrected chi connectivity index (χ4v) is 2.94. The molecule has 1 amide bonds. The lowest BCUT2D eigenvalue weighted by Crippen LogP contribution is -2.14. The highest BCUT2D eigenvalue weighted by molar-refractivity contribution is 7.16. The number of benzene rings is 2. The van der Waals surface area contributed by atoms with Crippen LogP contribution in [0, 0.1) is 0 Å². The van der Waals surface area contributed by atoms with E-state index < -0.39 is 0 Å². The van der Waals surface area contributed by atoms with Gasteiger partial charge >= 0.3 is 0 Å². The van der Waals surface area contributed by atoms with E-state index in [1.165, 1.54) is 0 Å². The van der Waals surface area contributed by atoms with E-state index in [4.69, 9.17) is 4.74 Å². The van der Waals surface area contributed by atoms with E-state index in [9.17, 15) is 4.79 Å². The predicted molar refractivity (Wildman–Crippen MR) is 94.1 cm³/mol. The molecular formula is C18H16N2O2S. The average Bonchev–Trinajstić information content (AvgIpc) is 3.01. The van der Waals surface area contributed by atoms with Crippen LogP contribution in [0.3, 0.4) is 0 Å². The molecule has 1 heterocycles. The minimum Gasteiger partial charge on any atom is -0.490 e. The molecule has 0 bridgehead atoms. The first-order valence-electron chi connectivity index (χ1n) is 7.20. The summed E-state index contributed by atoms with van der Waals surface area (Å²) in [6.45, 7) is 4.07. The standard InChI is InChI=1S/C18H16N2O2S/c1-2-8-22-15-5-3-4-13(9-15)10-18(21)20-14-6-7-16-17(11-14)23-12-19-16/h2-7,9,11-12H,1,8,10H2,(H,20,21). The van der Waals surface area contributed by atoms with Crippen molar-refractivity contribution in [2.45, 2.75) is 6.42 Å². The summed E-state index contributed by atoms with van der Waals surface area (Å²) in [7, 11) is 0. The van der Waals surface area contributed by atoms with Gasteiger partial charge in [-0.2, -0.15) is 0 Å². The van der Waals surface area contributed by atoms with Crippen molar-refractivity contribution in [3.05, 3.63) is 66.2 Å². The topological polar surface area (TPSA) is 51.2 Å². The maximum absolute atomic E-state index is 12.2. The smallest absolute Gasteiger partial charge is 0.228 e. The third kappa shape index (κ3) is 3.96. The summed E-state index contributed by atoms with van der Waals surface area (Å²) in [5.41, 5.74) is 4.43. The van der Waals surface area contributed by atoms with Crippen LogP contribution in [0.2, 0.25) is 0 Å². The normalized spacial score (nSPS) is 10.4. The van der Waals surface area contributed by atoms with E-state index in [0.717, 1.165) is 27.2 Å². The first kappa shape index (κ1) is 15.2. The minimum absolute atomic E-state index is 0.0604. The highest BCUT2D eigenvalue weighted by Gasteiger charge is 2.06. The number of aromatic nitrogens is 1. The Hall–Kier alpha value is -2.66. The molecule has 0 aliphatic carbocycles. The van der Waals surface area contributed by atoms with Crippen LogP contribution < -0.4 is 10.1 Å². The van der Waals surface area contributed by atoms with Crippen molar-refractivity contribution in [1.29, 1.82) is 0 Å². The summed E-state index contributed by atoms with van der Waals surface area (Å²) in [6.07, 6.45) is 1.99. The molecule has 0 aliphatic rings. The summed E-state index contributed by atoms with van der Waals surface area (Å²) in [5.74, 6) is 0.677. The molecule has 0 spiro atoms. The van der Waals surface area contributed by atoms with Gasteiger partial charge in [0.1, 0.15) is 12.4 Å². The molecule has 0 radical (unpaired) electrons. The van der Waals surface area contributed by atoms with Gasteiger partial charge in [-0.3, -0.25) is 4.79 Å². The number of carbonyl (C=O) groups is 1. The number of amides is 1. The van der Waals surface area contributed by atoms with Crippen molar-refractivity contribution < 1.29 is 9.53 Å². The van der Waals surface area contributed by atoms with Crippen molar-refractivity contribution in [1.82, 2.24) is 4.98 Å². The van der Waals surface area contributed by atoms with Crippen molar-refractivity contribution in [2.24, 2.45) is 0 Å². The van der Waals surface area contributed by atoms with Gasteiger partial charge in [0.2, 0.25) is 5.91 Å². The van der Waals surface area contributed by atoms with E-state index in [0.29, 0.717) is 13.0 Å². The largest absolute Gasteiger partial charge is 0.490 e. The predicted octanol–water partition coefficient (Wildman–Crippen LogP) is 4.04. The van der Waals surface area contributed by atoms with Crippen molar-refractivity contribution in [3.63, 3.8) is 0 Å². The highest BCUT2D eigenvalue weighted by Crippen LogP contribution is 2.22. The summed E-state index contributed by atoms with van der Waals surface area (Å²) < 4.78 is 6.54. The molecule has 2 aromatic carbocycles. The Balaban J connectivity index is 1.65. The Morgan fingerprint density at radius 1 is 1.30 bits per heavy atom. The molecule has 0 aliphatic heterocycles. The SMILES string of the molecule is C=CCOc1cccc(CC(=O)Nc2ccc3ncsc3c2)c1. The third-order valence-corrected chi connectivity index (χ3v) is 4.04. The molecule has 3 aromatic rings. The molecule has 4 nitrogen and oxygen atoms in total. The number of nitrogens with zero attached hydrogens (tertiary/aromatic N) is 1. The van der Waals surface area contributed by atoms with Crippen molar-refractivity contribution >= 4 is 33.1 Å². The fourth-order valence-electron chi connectivity index (χ4n) is 2.22. The second kappa shape index (κ2) is 7.07. The van der Waals surface area contributed by atoms with Crippen LogP contribution in [-0.2, 0) is 11.2 Å². The van der Waals surface area contributed by atoms with Gasteiger partial charge in [-0.1, -0.05) is 24.8 Å². The molecule has 1 aromatic heterocycles. The number of hydrogen-bond acceptors (Lipinski definition) is 4. The van der Waals surface area contributed by atoms with E-state index in [1.54, 1.807) is 22.9 Å². The van der Waals surface area contributed by atoms with E-state index in [1.807, 2.05) is 42.5 Å². The number of nitrogens with one attached hydrogen (secondary N) is 1. The average molecular weight is 324 g/mol. The van der Waals surface area contributed by atoms with Gasteiger partial charge in [-0.05, 0) is 35.9 Å². The first-order valence-corrected chi connectivity index (χ1v) is 8.08. The maximum atomic E-state index is 12.2. The van der Waals surface area contributed by atoms with Gasteiger partial charge in [0.15, 0.2) is 0 Å². The quantitative estimate of drug-likeness (QED) is 0.696. The van der Waals surface area contributed by atoms with E-state index in [-0.39, 0.29) is 5.91 Å². The van der Waals surface area contributed by atoms with Gasteiger partial charge < -0.3 is 10.1 Å². The van der Waals surface area contributed by atoms with Crippen molar-refractivity contribution in [2.75, 3.05) is 11.9 Å². The van der Waals surface area contributed by atoms with Crippen LogP contribution in [0.15, 0.2) is 60.6 Å². The van der Waals surface area contributed by atoms with E-state index in [2.05, 4.69) is 16.9 Å². The highest BCUT2D eigenvalue weighted by atomic mass is 32.1. The summed E-state index contributed by atoms with van der Waals surface area (Å²) in [6, 6.07) is 13.2. The van der Waals surface area contributed by atoms with Gasteiger partial charge in [0, 0.05) is 5.69 Å². The molecule has 3 rings (SSSR count). The number of carbonyl (C=O) groups excluding carboxylic acids is 1. The summed E-state index contributed by atoms with van der Waals surface area (Å²) in [5, 5.41) is 2.92. The zero-order valence-electron chi connectivity index (χ0n) is 12.5. The van der Waals surface area contributed by atoms with Crippen LogP contribution in [0.4, 0.5) is 5.69 Å². The molecular weight excluding hydrogens is 308 g/mol. The second-order valence-electron chi connectivity index (χ2n) is 5.01. The van der Waals surface area contributed by atoms with Gasteiger partial charge in [-0.15, -0.1) is 11.3 Å². The van der Waals surface area contributed by atoms with Crippen LogP contribution in [0.25, 0.3) is 10.2 Å². The zero-order chi connectivity index (χ0) is 16.1. The Labute approximate surface area is 138 Å². The minimum atomic E-state index is -0.0604. The van der Waals surface area contributed by atoms with E-state index >= 15 is 0 Å². The number of anilines is 1. The molecule has 0 unspecified atom stereocenters. The Bertz CT molecular complexity index is 842. The number of fused-ring (bicyclic) bond motifs is 1. The molecule has 116 valence electrons. The lowest BCUT2D eigenvalue weighted by Gasteiger charge is -2.07. The van der Waals surface area contributed by atoms with Crippen LogP contribution >= 0.6 is 11.3 Å². The molecule has 0 fully saturated rings. The van der Waals surface area contributed by atoms with Gasteiger partial charge in [-0.25, -0.2) is 4.98 Å². The molecule has 23 heavy (non-hydrogen) atoms. The number of rotatable bonds is 6. The molecule has 0 saturated carbocycles. The van der Waals surface area contributed by atoms with Crippen LogP contribution in [-0.4, -0.2) is 17.5 Å². The number of ether oxygens (including phenoxy) is 1. The van der Waals surface area contributed by atoms with Gasteiger partial charge in [0.25, 0.3) is 0 Å². The lowest BCUT2D eigenvalue weighted by molar-refractivity contribution is -0.115. The Morgan fingerprint density at radius 3 is 3.09 bits per heavy atom. The first-order chi connectivity index (χ1) is 11.2. The summed E-state index contributed by atoms with van der Waals surface area (Å²) >= 11 is 1.56. The second-order valence-corrected chi connectivity index (χ2v) is 5.89. The summed E-state index contributed by atoms with van der Waals surface area (Å²) in [4.78, 5) is 16.4. The fraction of sp³-hybridized carbons (Fsp3) is 0.111. The van der Waals surface area contributed by atoms with Gasteiger partial charge in [0.05, 0.1) is 22.1 Å². The molecule has 0 atom stereocenters. The molecule has 0 saturated heterocycles. The van der Waals surface area contributed by atoms with Crippen molar-refractivity contribution in [3.8, 4) is 5.75 Å². The third-order valence-electron chi connectivity index (χ3n) is 3.25. The molecule has 1 N–H and O–H groups in total. The maximum Gasteiger partial charge on any atom is 0.228 e. The number of thiazole rings is 1. The van der Waals surface area contributed by atoms with Crippen LogP contribution in [0.1, 0.15) is 5.56 Å². The Kier molecular flexibility index (Phi) is 4.68. The zero-order valence-corrected chi connectivity index (χ0v) is 13.3. The van der Waals surface area contributed by atoms with Crippen LogP contribution in [0.5, 0.6) is 5.75 Å². The molecule has 5 heteroatoms.